The summed E-state index contributed by atoms with van der Waals surface area (Å²) in [6, 6.07) is 5.12. The first kappa shape index (κ1) is 16.6. The number of rotatable bonds is 6. The Morgan fingerprint density at radius 3 is 2.57 bits per heavy atom. The summed E-state index contributed by atoms with van der Waals surface area (Å²) in [7, 11) is 0. The van der Waals surface area contributed by atoms with Gasteiger partial charge in [0.2, 0.25) is 0 Å². The minimum absolute atomic E-state index is 0.0333. The monoisotopic (exact) mass is 294 g/mol. The fourth-order valence-corrected chi connectivity index (χ4v) is 1.42. The van der Waals surface area contributed by atoms with Crippen LogP contribution in [0.1, 0.15) is 31.1 Å². The highest BCUT2D eigenvalue weighted by Crippen LogP contribution is 2.13. The van der Waals surface area contributed by atoms with E-state index in [2.05, 4.69) is 5.32 Å². The van der Waals surface area contributed by atoms with Crippen molar-refractivity contribution in [3.63, 3.8) is 0 Å². The molecule has 1 N–H and O–H groups in total. The number of esters is 1. The molecule has 1 aromatic carbocycles. The maximum Gasteiger partial charge on any atom is 0.338 e. The van der Waals surface area contributed by atoms with E-state index in [-0.39, 0.29) is 23.2 Å². The Hall–Kier alpha value is -2.44. The van der Waals surface area contributed by atoms with Gasteiger partial charge in [-0.2, -0.15) is 0 Å². The molecule has 0 fully saturated rings. The van der Waals surface area contributed by atoms with Gasteiger partial charge < -0.3 is 10.1 Å². The molecule has 0 aliphatic carbocycles. The van der Waals surface area contributed by atoms with Gasteiger partial charge in [-0.05, 0) is 18.9 Å². The van der Waals surface area contributed by atoms with Crippen LogP contribution in [0, 0.1) is 16.0 Å². The fourth-order valence-electron chi connectivity index (χ4n) is 1.42. The molecule has 1 rings (SSSR count). The van der Waals surface area contributed by atoms with Gasteiger partial charge in [-0.3, -0.25) is 14.9 Å². The molecule has 0 saturated carbocycles. The third kappa shape index (κ3) is 5.21. The Balaban J connectivity index is 2.56. The van der Waals surface area contributed by atoms with Crippen molar-refractivity contribution in [1.82, 2.24) is 5.32 Å². The maximum absolute atomic E-state index is 11.7. The van der Waals surface area contributed by atoms with Crippen LogP contribution >= 0.6 is 0 Å². The second kappa shape index (κ2) is 7.37. The summed E-state index contributed by atoms with van der Waals surface area (Å²) >= 11 is 0. The van der Waals surface area contributed by atoms with Crippen molar-refractivity contribution in [2.24, 2.45) is 5.92 Å². The van der Waals surface area contributed by atoms with Crippen molar-refractivity contribution in [2.75, 3.05) is 6.61 Å². The van der Waals surface area contributed by atoms with E-state index in [4.69, 9.17) is 4.74 Å². The lowest BCUT2D eigenvalue weighted by Crippen LogP contribution is -2.38. The summed E-state index contributed by atoms with van der Waals surface area (Å²) in [6.45, 7) is 5.35. The number of non-ortho nitro benzene ring substituents is 1. The highest BCUT2D eigenvalue weighted by atomic mass is 16.6. The van der Waals surface area contributed by atoms with Gasteiger partial charge in [-0.15, -0.1) is 0 Å². The lowest BCUT2D eigenvalue weighted by Gasteiger charge is -2.17. The van der Waals surface area contributed by atoms with Crippen LogP contribution in [0.15, 0.2) is 24.3 Å². The Labute approximate surface area is 122 Å². The molecule has 0 aliphatic heterocycles. The molecular formula is C14H18N2O5. The molecule has 1 aromatic rings. The van der Waals surface area contributed by atoms with Crippen LogP contribution in [-0.2, 0) is 9.53 Å². The summed E-state index contributed by atoms with van der Waals surface area (Å²) in [5, 5.41) is 13.3. The van der Waals surface area contributed by atoms with Crippen molar-refractivity contribution in [3.05, 3.63) is 39.9 Å². The molecule has 0 aliphatic rings. The van der Waals surface area contributed by atoms with Crippen molar-refractivity contribution >= 4 is 17.6 Å². The molecule has 0 bridgehead atoms. The van der Waals surface area contributed by atoms with Crippen molar-refractivity contribution in [3.8, 4) is 0 Å². The second-order valence-corrected chi connectivity index (χ2v) is 4.98. The van der Waals surface area contributed by atoms with E-state index in [1.54, 1.807) is 0 Å². The Morgan fingerprint density at radius 1 is 1.33 bits per heavy atom. The smallest absolute Gasteiger partial charge is 0.338 e. The van der Waals surface area contributed by atoms with Crippen LogP contribution in [0.2, 0.25) is 0 Å². The largest absolute Gasteiger partial charge is 0.452 e. The van der Waals surface area contributed by atoms with E-state index in [1.165, 1.54) is 18.2 Å². The van der Waals surface area contributed by atoms with Crippen LogP contribution in [0.3, 0.4) is 0 Å². The molecule has 1 amide bonds. The van der Waals surface area contributed by atoms with Crippen LogP contribution in [0.25, 0.3) is 0 Å². The topological polar surface area (TPSA) is 98.5 Å². The molecule has 21 heavy (non-hydrogen) atoms. The van der Waals surface area contributed by atoms with E-state index in [1.807, 2.05) is 20.8 Å². The fraction of sp³-hybridized carbons (Fsp3) is 0.429. The number of nitrogens with one attached hydrogen (secondary N) is 1. The van der Waals surface area contributed by atoms with Gasteiger partial charge in [0.1, 0.15) is 0 Å². The third-order valence-electron chi connectivity index (χ3n) is 3.02. The highest BCUT2D eigenvalue weighted by molar-refractivity contribution is 5.91. The van der Waals surface area contributed by atoms with E-state index in [0.717, 1.165) is 6.07 Å². The number of nitrogens with zero attached hydrogens (tertiary/aromatic N) is 1. The van der Waals surface area contributed by atoms with Gasteiger partial charge >= 0.3 is 5.97 Å². The zero-order valence-corrected chi connectivity index (χ0v) is 12.2. The SMILES string of the molecule is CC(C)C(C)NC(=O)COC(=O)c1cccc([N+](=O)[O-])c1. The Kier molecular flexibility index (Phi) is 5.83. The van der Waals surface area contributed by atoms with Gasteiger partial charge in [0.15, 0.2) is 6.61 Å². The molecule has 7 nitrogen and oxygen atoms in total. The number of benzene rings is 1. The predicted molar refractivity (Wildman–Crippen MR) is 75.8 cm³/mol. The maximum atomic E-state index is 11.7. The zero-order chi connectivity index (χ0) is 16.0. The second-order valence-electron chi connectivity index (χ2n) is 4.98. The van der Waals surface area contributed by atoms with Gasteiger partial charge in [0.05, 0.1) is 10.5 Å². The molecule has 0 spiro atoms. The number of ether oxygens (including phenoxy) is 1. The van der Waals surface area contributed by atoms with Crippen LogP contribution in [0.5, 0.6) is 0 Å². The quantitative estimate of drug-likeness (QED) is 0.491. The molecule has 1 atom stereocenters. The Morgan fingerprint density at radius 2 is 2.00 bits per heavy atom. The summed E-state index contributed by atoms with van der Waals surface area (Å²) in [5.41, 5.74) is -0.170. The predicted octanol–water partition coefficient (Wildman–Crippen LogP) is 1.91. The standard InChI is InChI=1S/C14H18N2O5/c1-9(2)10(3)15-13(17)8-21-14(18)11-5-4-6-12(7-11)16(19)20/h4-7,9-10H,8H2,1-3H3,(H,15,17). The highest BCUT2D eigenvalue weighted by Gasteiger charge is 2.15. The molecule has 1 unspecified atom stereocenters. The minimum Gasteiger partial charge on any atom is -0.452 e. The Bertz CT molecular complexity index is 542. The van der Waals surface area contributed by atoms with Crippen LogP contribution in [0.4, 0.5) is 5.69 Å². The van der Waals surface area contributed by atoms with E-state index in [9.17, 15) is 19.7 Å². The van der Waals surface area contributed by atoms with Crippen molar-refractivity contribution in [2.45, 2.75) is 26.8 Å². The normalized spacial score (nSPS) is 11.8. The molecular weight excluding hydrogens is 276 g/mol. The molecule has 0 saturated heterocycles. The van der Waals surface area contributed by atoms with Crippen molar-refractivity contribution < 1.29 is 19.2 Å². The van der Waals surface area contributed by atoms with Crippen LogP contribution in [-0.4, -0.2) is 29.4 Å². The number of amides is 1. The van der Waals surface area contributed by atoms with Gasteiger partial charge in [0, 0.05) is 18.2 Å². The first-order chi connectivity index (χ1) is 9.81. The summed E-state index contributed by atoms with van der Waals surface area (Å²) in [4.78, 5) is 33.3. The average molecular weight is 294 g/mol. The van der Waals surface area contributed by atoms with Gasteiger partial charge in [-0.1, -0.05) is 19.9 Å². The number of carbonyl (C=O) groups is 2. The van der Waals surface area contributed by atoms with E-state index in [0.29, 0.717) is 0 Å². The lowest BCUT2D eigenvalue weighted by atomic mass is 10.1. The summed E-state index contributed by atoms with van der Waals surface area (Å²) in [6.07, 6.45) is 0. The number of carbonyl (C=O) groups excluding carboxylic acids is 2. The van der Waals surface area contributed by atoms with E-state index >= 15 is 0 Å². The van der Waals surface area contributed by atoms with E-state index < -0.39 is 23.4 Å². The summed E-state index contributed by atoms with van der Waals surface area (Å²) in [5.74, 6) is -0.914. The first-order valence-corrected chi connectivity index (χ1v) is 6.52. The average Bonchev–Trinajstić information content (AvgIpc) is 2.44. The third-order valence-corrected chi connectivity index (χ3v) is 3.02. The molecule has 7 heteroatoms. The molecule has 0 heterocycles. The number of hydrogen-bond donors (Lipinski definition) is 1. The molecule has 114 valence electrons. The minimum atomic E-state index is -0.772. The number of nitro benzene ring substituents is 1. The number of hydrogen-bond acceptors (Lipinski definition) is 5. The van der Waals surface area contributed by atoms with Crippen molar-refractivity contribution in [1.29, 1.82) is 0 Å². The van der Waals surface area contributed by atoms with Crippen LogP contribution < -0.4 is 5.32 Å². The van der Waals surface area contributed by atoms with Gasteiger partial charge in [-0.25, -0.2) is 4.79 Å². The first-order valence-electron chi connectivity index (χ1n) is 6.52. The van der Waals surface area contributed by atoms with Gasteiger partial charge in [0.25, 0.3) is 11.6 Å². The number of nitro groups is 1. The molecule has 0 radical (unpaired) electrons. The zero-order valence-electron chi connectivity index (χ0n) is 12.2. The molecule has 0 aromatic heterocycles. The lowest BCUT2D eigenvalue weighted by molar-refractivity contribution is -0.384. The summed E-state index contributed by atoms with van der Waals surface area (Å²) < 4.78 is 4.83.